The quantitative estimate of drug-likeness (QED) is 0.366. The Labute approximate surface area is 107 Å². The zero-order chi connectivity index (χ0) is 12.9. The highest BCUT2D eigenvalue weighted by Gasteiger charge is 2.04. The first-order valence-corrected chi connectivity index (χ1v) is 7.26. The molecule has 0 fully saturated rings. The molecule has 0 aromatic heterocycles. The van der Waals surface area contributed by atoms with Crippen molar-refractivity contribution in [1.29, 1.82) is 0 Å². The summed E-state index contributed by atoms with van der Waals surface area (Å²) in [6, 6.07) is 0. The van der Waals surface area contributed by atoms with Crippen molar-refractivity contribution in [2.75, 3.05) is 6.54 Å². The van der Waals surface area contributed by atoms with Gasteiger partial charge in [0, 0.05) is 6.54 Å². The van der Waals surface area contributed by atoms with Crippen molar-refractivity contribution in [1.82, 2.24) is 5.32 Å². The molecule has 104 valence electrons. The van der Waals surface area contributed by atoms with E-state index in [0.717, 1.165) is 12.8 Å². The van der Waals surface area contributed by atoms with Gasteiger partial charge in [-0.15, -0.1) is 0 Å². The molecular weight excluding hydrogens is 214 g/mol. The second kappa shape index (κ2) is 12.3. The Morgan fingerprint density at radius 2 is 1.41 bits per heavy atom. The largest absolute Gasteiger partial charge is 0.392 e. The highest BCUT2D eigenvalue weighted by molar-refractivity contribution is 4.60. The highest BCUT2D eigenvalue weighted by atomic mass is 16.3. The molecule has 0 saturated carbocycles. The third-order valence-electron chi connectivity index (χ3n) is 3.04. The van der Waals surface area contributed by atoms with Crippen LogP contribution in [-0.4, -0.2) is 29.1 Å². The summed E-state index contributed by atoms with van der Waals surface area (Å²) in [5.41, 5.74) is 0. The summed E-state index contributed by atoms with van der Waals surface area (Å²) in [5.74, 6) is 0. The van der Waals surface area contributed by atoms with E-state index >= 15 is 0 Å². The molecule has 0 aromatic carbocycles. The minimum Gasteiger partial charge on any atom is -0.392 e. The molecular formula is C14H31NO2. The second-order valence-electron chi connectivity index (χ2n) is 5.00. The van der Waals surface area contributed by atoms with Crippen molar-refractivity contribution in [3.05, 3.63) is 0 Å². The van der Waals surface area contributed by atoms with Crippen molar-refractivity contribution < 1.29 is 10.2 Å². The average Bonchev–Trinajstić information content (AvgIpc) is 2.30. The Balaban J connectivity index is 3.11. The number of hydrogen-bond acceptors (Lipinski definition) is 3. The molecule has 3 heteroatoms. The Bertz CT molecular complexity index is 151. The fourth-order valence-corrected chi connectivity index (χ4v) is 1.92. The van der Waals surface area contributed by atoms with Gasteiger partial charge in [-0.3, -0.25) is 5.32 Å². The van der Waals surface area contributed by atoms with Gasteiger partial charge in [0.15, 0.2) is 0 Å². The lowest BCUT2D eigenvalue weighted by Gasteiger charge is -2.13. The molecule has 0 amide bonds. The number of hydrogen-bond donors (Lipinski definition) is 3. The maximum Gasteiger partial charge on any atom is 0.102 e. The van der Waals surface area contributed by atoms with Crippen LogP contribution in [0.4, 0.5) is 0 Å². The molecule has 0 aliphatic heterocycles. The van der Waals surface area contributed by atoms with E-state index in [1.54, 1.807) is 6.92 Å². The van der Waals surface area contributed by atoms with Crippen molar-refractivity contribution in [2.45, 2.75) is 84.0 Å². The normalized spacial score (nSPS) is 14.8. The predicted molar refractivity (Wildman–Crippen MR) is 72.9 cm³/mol. The lowest BCUT2D eigenvalue weighted by molar-refractivity contribution is 0.108. The number of nitrogens with one attached hydrogen (secondary N) is 1. The van der Waals surface area contributed by atoms with Crippen LogP contribution in [0.2, 0.25) is 0 Å². The van der Waals surface area contributed by atoms with E-state index in [-0.39, 0.29) is 6.10 Å². The molecule has 17 heavy (non-hydrogen) atoms. The zero-order valence-electron chi connectivity index (χ0n) is 11.6. The Morgan fingerprint density at radius 3 is 1.94 bits per heavy atom. The molecule has 3 N–H and O–H groups in total. The first-order valence-electron chi connectivity index (χ1n) is 7.26. The maximum absolute atomic E-state index is 9.60. The van der Waals surface area contributed by atoms with Gasteiger partial charge in [0.25, 0.3) is 0 Å². The molecule has 0 aliphatic carbocycles. The summed E-state index contributed by atoms with van der Waals surface area (Å²) in [5, 5.41) is 21.4. The summed E-state index contributed by atoms with van der Waals surface area (Å²) >= 11 is 0. The first kappa shape index (κ1) is 16.9. The molecule has 2 unspecified atom stereocenters. The summed E-state index contributed by atoms with van der Waals surface area (Å²) in [6.45, 7) is 4.40. The maximum atomic E-state index is 9.60. The topological polar surface area (TPSA) is 52.5 Å². The van der Waals surface area contributed by atoms with Crippen LogP contribution >= 0.6 is 0 Å². The molecule has 3 nitrogen and oxygen atoms in total. The van der Waals surface area contributed by atoms with Gasteiger partial charge >= 0.3 is 0 Å². The van der Waals surface area contributed by atoms with Crippen LogP contribution in [0, 0.1) is 0 Å². The van der Waals surface area contributed by atoms with Crippen LogP contribution in [0.3, 0.4) is 0 Å². The van der Waals surface area contributed by atoms with Crippen LogP contribution in [0.5, 0.6) is 0 Å². The van der Waals surface area contributed by atoms with Crippen molar-refractivity contribution >= 4 is 0 Å². The third kappa shape index (κ3) is 13.8. The average molecular weight is 245 g/mol. The first-order chi connectivity index (χ1) is 8.16. The van der Waals surface area contributed by atoms with Gasteiger partial charge in [-0.2, -0.15) is 0 Å². The van der Waals surface area contributed by atoms with Crippen LogP contribution in [-0.2, 0) is 0 Å². The lowest BCUT2D eigenvalue weighted by Crippen LogP contribution is -2.33. The molecule has 0 aliphatic rings. The molecule has 2 atom stereocenters. The predicted octanol–water partition coefficient (Wildman–Crippen LogP) is 2.81. The van der Waals surface area contributed by atoms with Gasteiger partial charge in [0.05, 0.1) is 6.10 Å². The molecule has 0 aromatic rings. The molecule has 0 saturated heterocycles. The smallest absolute Gasteiger partial charge is 0.102 e. The lowest BCUT2D eigenvalue weighted by atomic mass is 10.1. The Kier molecular flexibility index (Phi) is 12.3. The van der Waals surface area contributed by atoms with Gasteiger partial charge in [-0.25, -0.2) is 0 Å². The standard InChI is InChI=1S/C14H31NO2/c1-3-4-5-6-7-8-9-10-11-14(17)12-15-13(2)16/h13-17H,3-12H2,1-2H3. The number of rotatable bonds is 12. The summed E-state index contributed by atoms with van der Waals surface area (Å²) in [4.78, 5) is 0. The summed E-state index contributed by atoms with van der Waals surface area (Å²) in [6.07, 6.45) is 10.3. The van der Waals surface area contributed by atoms with Crippen LogP contribution in [0.25, 0.3) is 0 Å². The van der Waals surface area contributed by atoms with E-state index in [0.29, 0.717) is 6.54 Å². The van der Waals surface area contributed by atoms with Gasteiger partial charge in [0.1, 0.15) is 6.23 Å². The third-order valence-corrected chi connectivity index (χ3v) is 3.04. The fourth-order valence-electron chi connectivity index (χ4n) is 1.92. The van der Waals surface area contributed by atoms with Gasteiger partial charge in [-0.05, 0) is 13.3 Å². The Morgan fingerprint density at radius 1 is 0.882 bits per heavy atom. The minimum atomic E-state index is -0.525. The molecule has 0 bridgehead atoms. The Hall–Kier alpha value is -0.120. The van der Waals surface area contributed by atoms with Gasteiger partial charge in [-0.1, -0.05) is 58.3 Å². The van der Waals surface area contributed by atoms with E-state index < -0.39 is 6.23 Å². The summed E-state index contributed by atoms with van der Waals surface area (Å²) in [7, 11) is 0. The second-order valence-corrected chi connectivity index (χ2v) is 5.00. The van der Waals surface area contributed by atoms with Gasteiger partial charge < -0.3 is 10.2 Å². The molecule has 0 radical (unpaired) electrons. The van der Waals surface area contributed by atoms with Crippen LogP contribution in [0.15, 0.2) is 0 Å². The highest BCUT2D eigenvalue weighted by Crippen LogP contribution is 2.10. The fraction of sp³-hybridized carbons (Fsp3) is 1.00. The van der Waals surface area contributed by atoms with Gasteiger partial charge in [0.2, 0.25) is 0 Å². The minimum absolute atomic E-state index is 0.315. The molecule has 0 rings (SSSR count). The number of aliphatic hydroxyl groups is 2. The van der Waals surface area contributed by atoms with E-state index in [9.17, 15) is 5.11 Å². The van der Waals surface area contributed by atoms with Crippen molar-refractivity contribution in [3.63, 3.8) is 0 Å². The van der Waals surface area contributed by atoms with E-state index in [4.69, 9.17) is 5.11 Å². The molecule has 0 spiro atoms. The summed E-state index contributed by atoms with van der Waals surface area (Å²) < 4.78 is 0. The van der Waals surface area contributed by atoms with Crippen LogP contribution in [0.1, 0.15) is 71.6 Å². The van der Waals surface area contributed by atoms with Crippen LogP contribution < -0.4 is 5.32 Å². The van der Waals surface area contributed by atoms with E-state index in [1.165, 1.54) is 44.9 Å². The van der Waals surface area contributed by atoms with E-state index in [1.807, 2.05) is 0 Å². The SMILES string of the molecule is CCCCCCCCCCC(O)CNC(C)O. The number of aliphatic hydroxyl groups excluding tert-OH is 2. The molecule has 0 heterocycles. The number of unbranched alkanes of at least 4 members (excludes halogenated alkanes) is 7. The van der Waals surface area contributed by atoms with Crippen molar-refractivity contribution in [2.24, 2.45) is 0 Å². The zero-order valence-corrected chi connectivity index (χ0v) is 11.6. The van der Waals surface area contributed by atoms with E-state index in [2.05, 4.69) is 12.2 Å². The monoisotopic (exact) mass is 245 g/mol. The van der Waals surface area contributed by atoms with Crippen molar-refractivity contribution in [3.8, 4) is 0 Å².